The maximum atomic E-state index is 14.2. The van der Waals surface area contributed by atoms with Crippen molar-refractivity contribution in [3.05, 3.63) is 0 Å². The molecule has 0 aromatic rings. The van der Waals surface area contributed by atoms with Crippen LogP contribution in [0.4, 0.5) is 0 Å². The van der Waals surface area contributed by atoms with Crippen molar-refractivity contribution in [3.8, 4) is 0 Å². The minimum absolute atomic E-state index is 0.0872. The van der Waals surface area contributed by atoms with Crippen molar-refractivity contribution in [2.75, 3.05) is 52.4 Å². The van der Waals surface area contributed by atoms with Crippen LogP contribution in [0.5, 0.6) is 0 Å². The van der Waals surface area contributed by atoms with Gasteiger partial charge in [-0.05, 0) is 144 Å². The topological polar surface area (TPSA) is 337 Å². The van der Waals surface area contributed by atoms with Gasteiger partial charge in [0.2, 0.25) is 70.9 Å². The first-order valence-electron chi connectivity index (χ1n) is 29.7. The van der Waals surface area contributed by atoms with Crippen molar-refractivity contribution in [1.29, 1.82) is 0 Å². The second-order valence-electron chi connectivity index (χ2n) is 23.5. The molecule has 0 radical (unpaired) electrons. The number of carboxylic acid groups (broad SMARTS) is 1. The standard InChI is InChI=1S/C55H83N13O14/c1-30(57-43(69)31(2)58-45(71)33(4)60-47(73)36-15-7-23-62(36)50(76)39-18-10-26-65(39)52(78)38-17-9-25-64(38)49(75)35-14-6-22-56-35)44(70)59-32(3)46(72)61-34(5)48(74)63-24-8-16-37(63)51(77)66-27-11-19-40(66)53(79)67-28-12-20-41(67)54(80)68-29-13-21-42(68)55(81)82/h30-42,56H,6-29H2,1-5H3,(H,57,69)(H,58,71)(H,59,70)(H,60,73)(H,61,72)(H,81,82)/t30-,31-,32-,33-,34-,35-,36-,37-,38-,39-,40-,41-,42-/m0/s1. The Bertz CT molecular complexity index is 2530. The molecule has 0 unspecified atom stereocenters. The van der Waals surface area contributed by atoms with Gasteiger partial charge in [0.05, 0.1) is 6.04 Å². The summed E-state index contributed by atoms with van der Waals surface area (Å²) in [4.78, 5) is 186. The summed E-state index contributed by atoms with van der Waals surface area (Å²) in [5.41, 5.74) is 0. The van der Waals surface area contributed by atoms with Crippen molar-refractivity contribution in [2.45, 2.75) is 216 Å². The van der Waals surface area contributed by atoms with E-state index in [1.54, 1.807) is 9.80 Å². The summed E-state index contributed by atoms with van der Waals surface area (Å²) in [6, 6.07) is -12.0. The van der Waals surface area contributed by atoms with E-state index in [0.29, 0.717) is 122 Å². The monoisotopic (exact) mass is 1150 g/mol. The van der Waals surface area contributed by atoms with Crippen molar-refractivity contribution in [1.82, 2.24) is 66.2 Å². The van der Waals surface area contributed by atoms with Crippen LogP contribution in [0.1, 0.15) is 137 Å². The molecule has 0 aromatic carbocycles. The first kappa shape index (κ1) is 61.1. The zero-order chi connectivity index (χ0) is 59.3. The molecule has 0 aromatic heterocycles. The average Bonchev–Trinajstić information content (AvgIpc) is 4.48. The van der Waals surface area contributed by atoms with Gasteiger partial charge < -0.3 is 71.3 Å². The highest BCUT2D eigenvalue weighted by Crippen LogP contribution is 2.32. The zero-order valence-corrected chi connectivity index (χ0v) is 47.9. The molecule has 8 saturated heterocycles. The van der Waals surface area contributed by atoms with Gasteiger partial charge in [-0.2, -0.15) is 0 Å². The Morgan fingerprint density at radius 3 is 0.976 bits per heavy atom. The van der Waals surface area contributed by atoms with Crippen LogP contribution in [-0.2, 0) is 62.3 Å². The molecule has 13 atom stereocenters. The Kier molecular flexibility index (Phi) is 19.8. The predicted molar refractivity (Wildman–Crippen MR) is 290 cm³/mol. The number of carbonyl (C=O) groups excluding carboxylic acids is 12. The molecule has 12 amide bonds. The molecule has 27 heteroatoms. The van der Waals surface area contributed by atoms with Crippen LogP contribution in [0.15, 0.2) is 0 Å². The Labute approximate surface area is 477 Å². The molecule has 27 nitrogen and oxygen atoms in total. The average molecular weight is 1150 g/mol. The summed E-state index contributed by atoms with van der Waals surface area (Å²) in [5.74, 6) is -7.05. The first-order valence-corrected chi connectivity index (χ1v) is 29.7. The van der Waals surface area contributed by atoms with Gasteiger partial charge in [-0.1, -0.05) is 0 Å². The third-order valence-corrected chi connectivity index (χ3v) is 17.9. The molecular formula is C55H83N13O14. The molecule has 0 spiro atoms. The number of aliphatic carboxylic acids is 1. The summed E-state index contributed by atoms with van der Waals surface area (Å²) in [7, 11) is 0. The fraction of sp³-hybridized carbons (Fsp3) is 0.764. The Hall–Kier alpha value is -6.93. The van der Waals surface area contributed by atoms with Gasteiger partial charge in [0.1, 0.15) is 72.5 Å². The molecule has 8 rings (SSSR count). The van der Waals surface area contributed by atoms with Gasteiger partial charge in [0.15, 0.2) is 0 Å². The van der Waals surface area contributed by atoms with Gasteiger partial charge in [0, 0.05) is 45.8 Å². The second kappa shape index (κ2) is 26.5. The minimum Gasteiger partial charge on any atom is -0.480 e. The van der Waals surface area contributed by atoms with Gasteiger partial charge >= 0.3 is 5.97 Å². The van der Waals surface area contributed by atoms with Crippen molar-refractivity contribution < 1.29 is 67.4 Å². The van der Waals surface area contributed by atoms with E-state index >= 15 is 0 Å². The third kappa shape index (κ3) is 13.1. The number of likely N-dealkylation sites (tertiary alicyclic amines) is 7. The van der Waals surface area contributed by atoms with E-state index in [2.05, 4.69) is 31.9 Å². The Balaban J connectivity index is 0.757. The fourth-order valence-electron chi connectivity index (χ4n) is 13.3. The molecule has 8 heterocycles. The van der Waals surface area contributed by atoms with Crippen LogP contribution in [0.25, 0.3) is 0 Å². The molecular weight excluding hydrogens is 1070 g/mol. The summed E-state index contributed by atoms with van der Waals surface area (Å²) < 4.78 is 0. The quantitative estimate of drug-likeness (QED) is 0.0734. The van der Waals surface area contributed by atoms with Crippen molar-refractivity contribution in [3.63, 3.8) is 0 Å². The molecule has 8 aliphatic rings. The highest BCUT2D eigenvalue weighted by Gasteiger charge is 2.50. The van der Waals surface area contributed by atoms with Crippen LogP contribution in [0.3, 0.4) is 0 Å². The Morgan fingerprint density at radius 2 is 0.622 bits per heavy atom. The lowest BCUT2D eigenvalue weighted by molar-refractivity contribution is -0.154. The van der Waals surface area contributed by atoms with Crippen molar-refractivity contribution in [2.24, 2.45) is 0 Å². The van der Waals surface area contributed by atoms with Crippen LogP contribution < -0.4 is 31.9 Å². The number of carbonyl (C=O) groups is 13. The highest BCUT2D eigenvalue weighted by molar-refractivity contribution is 6.00. The number of carboxylic acids is 1. The Morgan fingerprint density at radius 1 is 0.341 bits per heavy atom. The van der Waals surface area contributed by atoms with Gasteiger partial charge in [0.25, 0.3) is 0 Å². The molecule has 0 bridgehead atoms. The summed E-state index contributed by atoms with van der Waals surface area (Å²) in [5, 5.41) is 25.7. The molecule has 0 saturated carbocycles. The highest BCUT2D eigenvalue weighted by atomic mass is 16.4. The predicted octanol–water partition coefficient (Wildman–Crippen LogP) is -2.72. The van der Waals surface area contributed by atoms with Crippen LogP contribution in [0.2, 0.25) is 0 Å². The van der Waals surface area contributed by atoms with Gasteiger partial charge in [-0.25, -0.2) is 4.79 Å². The molecule has 7 N–H and O–H groups in total. The lowest BCUT2D eigenvalue weighted by Gasteiger charge is -2.35. The number of nitrogens with one attached hydrogen (secondary N) is 6. The third-order valence-electron chi connectivity index (χ3n) is 17.9. The SMILES string of the molecule is C[C@H](NC(=O)[C@H](C)NC(=O)[C@H](C)NC(=O)[C@@H]1CCCN1C(=O)[C@@H]1CCCN1C(=O)[C@@H]1CCCN1C(=O)[C@@H]1CCCN1)C(=O)N[C@@H](C)C(=O)N[C@@H](C)C(=O)N1CCC[C@H]1C(=O)N1CCC[C@H]1C(=O)N1CCC[C@H]1C(=O)N1CCC[C@H]1C(=O)O. The van der Waals surface area contributed by atoms with E-state index in [1.165, 1.54) is 59.1 Å². The lowest BCUT2D eigenvalue weighted by Crippen LogP contribution is -2.59. The van der Waals surface area contributed by atoms with Crippen molar-refractivity contribution >= 4 is 76.9 Å². The zero-order valence-electron chi connectivity index (χ0n) is 47.9. The minimum atomic E-state index is -1.20. The van der Waals surface area contributed by atoms with E-state index in [1.807, 2.05) is 0 Å². The second-order valence-corrected chi connectivity index (χ2v) is 23.5. The van der Waals surface area contributed by atoms with Crippen LogP contribution in [-0.4, -0.2) is 247 Å². The number of hydrogen-bond acceptors (Lipinski definition) is 14. The first-order chi connectivity index (χ1) is 39.1. The van der Waals surface area contributed by atoms with Crippen LogP contribution >= 0.6 is 0 Å². The maximum absolute atomic E-state index is 14.2. The lowest BCUT2D eigenvalue weighted by atomic mass is 10.1. The van der Waals surface area contributed by atoms with Gasteiger partial charge in [-0.15, -0.1) is 0 Å². The molecule has 8 aliphatic heterocycles. The van der Waals surface area contributed by atoms with E-state index in [0.717, 1.165) is 13.0 Å². The van der Waals surface area contributed by atoms with E-state index in [-0.39, 0.29) is 49.3 Å². The van der Waals surface area contributed by atoms with E-state index < -0.39 is 126 Å². The summed E-state index contributed by atoms with van der Waals surface area (Å²) in [6.45, 7) is 9.96. The molecule has 82 heavy (non-hydrogen) atoms. The maximum Gasteiger partial charge on any atom is 0.326 e. The van der Waals surface area contributed by atoms with Gasteiger partial charge in [-0.3, -0.25) is 57.5 Å². The number of nitrogens with zero attached hydrogens (tertiary/aromatic N) is 7. The largest absolute Gasteiger partial charge is 0.480 e. The summed E-state index contributed by atoms with van der Waals surface area (Å²) in [6.07, 6.45) is 8.24. The number of hydrogen-bond donors (Lipinski definition) is 7. The molecule has 0 aliphatic carbocycles. The normalized spacial score (nSPS) is 28.1. The van der Waals surface area contributed by atoms with E-state index in [4.69, 9.17) is 0 Å². The molecule has 8 fully saturated rings. The summed E-state index contributed by atoms with van der Waals surface area (Å²) >= 11 is 0. The fourth-order valence-corrected chi connectivity index (χ4v) is 13.3. The van der Waals surface area contributed by atoms with E-state index in [9.17, 15) is 67.4 Å². The smallest absolute Gasteiger partial charge is 0.326 e. The number of rotatable bonds is 18. The number of amides is 12. The van der Waals surface area contributed by atoms with Crippen LogP contribution in [0, 0.1) is 0 Å². The molecule has 452 valence electrons.